The summed E-state index contributed by atoms with van der Waals surface area (Å²) in [5, 5.41) is 7.41. The van der Waals surface area contributed by atoms with Crippen molar-refractivity contribution in [2.24, 2.45) is 0 Å². The highest BCUT2D eigenvalue weighted by molar-refractivity contribution is 7.12. The molecule has 29 heavy (non-hydrogen) atoms. The van der Waals surface area contributed by atoms with E-state index >= 15 is 0 Å². The lowest BCUT2D eigenvalue weighted by molar-refractivity contribution is -0.116. The van der Waals surface area contributed by atoms with Crippen LogP contribution in [0.4, 0.5) is 5.69 Å². The number of hydrogen-bond donors (Lipinski definition) is 2. The number of carbonyl (C=O) groups is 2. The maximum Gasteiger partial charge on any atom is 0.261 e. The van der Waals surface area contributed by atoms with E-state index in [1.54, 1.807) is 18.2 Å². The van der Waals surface area contributed by atoms with Crippen molar-refractivity contribution in [2.45, 2.75) is 13.3 Å². The molecule has 0 aliphatic carbocycles. The molecule has 150 valence electrons. The number of benzene rings is 2. The van der Waals surface area contributed by atoms with Gasteiger partial charge in [-0.25, -0.2) is 0 Å². The zero-order chi connectivity index (χ0) is 20.5. The molecule has 0 fully saturated rings. The van der Waals surface area contributed by atoms with Gasteiger partial charge in [-0.15, -0.1) is 11.3 Å². The van der Waals surface area contributed by atoms with Crippen molar-refractivity contribution < 1.29 is 19.1 Å². The smallest absolute Gasteiger partial charge is 0.261 e. The lowest BCUT2D eigenvalue weighted by Gasteiger charge is -2.13. The molecule has 0 aliphatic rings. The zero-order valence-corrected chi connectivity index (χ0v) is 16.8. The van der Waals surface area contributed by atoms with Gasteiger partial charge in [-0.3, -0.25) is 9.59 Å². The van der Waals surface area contributed by atoms with Crippen LogP contribution < -0.4 is 20.1 Å². The van der Waals surface area contributed by atoms with Crippen molar-refractivity contribution in [3.8, 4) is 17.2 Å². The number of hydrogen-bond acceptors (Lipinski definition) is 5. The summed E-state index contributed by atoms with van der Waals surface area (Å²) in [4.78, 5) is 24.8. The van der Waals surface area contributed by atoms with E-state index in [0.29, 0.717) is 28.7 Å². The van der Waals surface area contributed by atoms with Gasteiger partial charge < -0.3 is 20.1 Å². The first-order chi connectivity index (χ1) is 14.2. The molecule has 2 N–H and O–H groups in total. The van der Waals surface area contributed by atoms with Crippen molar-refractivity contribution in [3.63, 3.8) is 0 Å². The van der Waals surface area contributed by atoms with Crippen LogP contribution in [0.5, 0.6) is 17.2 Å². The molecule has 2 amide bonds. The number of nitrogens with one attached hydrogen (secondary N) is 2. The molecule has 0 saturated carbocycles. The summed E-state index contributed by atoms with van der Waals surface area (Å²) < 4.78 is 11.3. The Morgan fingerprint density at radius 3 is 2.45 bits per heavy atom. The minimum Gasteiger partial charge on any atom is -0.494 e. The first kappa shape index (κ1) is 20.4. The molecular weight excluding hydrogens is 388 g/mol. The van der Waals surface area contributed by atoms with E-state index in [0.717, 1.165) is 5.75 Å². The van der Waals surface area contributed by atoms with E-state index in [9.17, 15) is 9.59 Å². The maximum atomic E-state index is 12.3. The van der Waals surface area contributed by atoms with Gasteiger partial charge in [0.15, 0.2) is 5.75 Å². The Kier molecular flexibility index (Phi) is 7.24. The molecule has 1 aromatic heterocycles. The maximum absolute atomic E-state index is 12.3. The molecular formula is C22H22N2O4S. The van der Waals surface area contributed by atoms with Crippen molar-refractivity contribution >= 4 is 28.8 Å². The Morgan fingerprint density at radius 2 is 1.72 bits per heavy atom. The molecule has 0 aliphatic heterocycles. The second-order valence-corrected chi connectivity index (χ2v) is 6.98. The van der Waals surface area contributed by atoms with Gasteiger partial charge in [0.1, 0.15) is 11.5 Å². The third-order valence-corrected chi connectivity index (χ3v) is 4.77. The standard InChI is InChI=1S/C22H22N2O4S/c1-2-27-16-9-11-17(12-10-16)28-19-7-4-3-6-18(19)24-21(25)13-14-23-22(26)20-8-5-15-29-20/h3-12,15H,2,13-14H2,1H3,(H,23,26)(H,24,25). The summed E-state index contributed by atoms with van der Waals surface area (Å²) in [5.41, 5.74) is 0.566. The minimum atomic E-state index is -0.209. The van der Waals surface area contributed by atoms with Gasteiger partial charge in [0, 0.05) is 13.0 Å². The average molecular weight is 410 g/mol. The highest BCUT2D eigenvalue weighted by Gasteiger charge is 2.10. The summed E-state index contributed by atoms with van der Waals surface area (Å²) in [6.07, 6.45) is 0.161. The molecule has 0 unspecified atom stereocenters. The number of rotatable bonds is 9. The monoisotopic (exact) mass is 410 g/mol. The van der Waals surface area contributed by atoms with Crippen LogP contribution in [-0.4, -0.2) is 25.0 Å². The lowest BCUT2D eigenvalue weighted by atomic mass is 10.2. The van der Waals surface area contributed by atoms with Gasteiger partial charge in [-0.2, -0.15) is 0 Å². The fraction of sp³-hybridized carbons (Fsp3) is 0.182. The predicted octanol–water partition coefficient (Wildman–Crippen LogP) is 4.70. The molecule has 7 heteroatoms. The van der Waals surface area contributed by atoms with Gasteiger partial charge in [0.25, 0.3) is 5.91 Å². The van der Waals surface area contributed by atoms with Crippen LogP contribution in [0.1, 0.15) is 23.0 Å². The Balaban J connectivity index is 1.54. The first-order valence-electron chi connectivity index (χ1n) is 9.27. The minimum absolute atomic E-state index is 0.161. The molecule has 3 aromatic rings. The largest absolute Gasteiger partial charge is 0.494 e. The van der Waals surface area contributed by atoms with E-state index in [2.05, 4.69) is 10.6 Å². The number of ether oxygens (including phenoxy) is 2. The van der Waals surface area contributed by atoms with Crippen LogP contribution in [-0.2, 0) is 4.79 Å². The van der Waals surface area contributed by atoms with Crippen LogP contribution in [0.25, 0.3) is 0 Å². The highest BCUT2D eigenvalue weighted by atomic mass is 32.1. The molecule has 0 bridgehead atoms. The average Bonchev–Trinajstić information content (AvgIpc) is 3.26. The van der Waals surface area contributed by atoms with Crippen LogP contribution in [0.3, 0.4) is 0 Å². The second-order valence-electron chi connectivity index (χ2n) is 6.03. The highest BCUT2D eigenvalue weighted by Crippen LogP contribution is 2.30. The predicted molar refractivity (Wildman–Crippen MR) is 114 cm³/mol. The van der Waals surface area contributed by atoms with Crippen LogP contribution in [0.2, 0.25) is 0 Å². The summed E-state index contributed by atoms with van der Waals surface area (Å²) >= 11 is 1.36. The number of carbonyl (C=O) groups excluding carboxylic acids is 2. The lowest BCUT2D eigenvalue weighted by Crippen LogP contribution is -2.27. The molecule has 0 atom stereocenters. The third kappa shape index (κ3) is 6.08. The van der Waals surface area contributed by atoms with Gasteiger partial charge in [0.2, 0.25) is 5.91 Å². The molecule has 6 nitrogen and oxygen atoms in total. The summed E-state index contributed by atoms with van der Waals surface area (Å²) in [6.45, 7) is 2.78. The number of anilines is 1. The Bertz CT molecular complexity index is 940. The summed E-state index contributed by atoms with van der Waals surface area (Å²) in [7, 11) is 0. The van der Waals surface area contributed by atoms with Crippen LogP contribution in [0, 0.1) is 0 Å². The van der Waals surface area contributed by atoms with Crippen molar-refractivity contribution in [3.05, 3.63) is 70.9 Å². The van der Waals surface area contributed by atoms with Gasteiger partial charge in [-0.1, -0.05) is 18.2 Å². The third-order valence-electron chi connectivity index (χ3n) is 3.91. The molecule has 0 saturated heterocycles. The van der Waals surface area contributed by atoms with Crippen molar-refractivity contribution in [1.29, 1.82) is 0 Å². The summed E-state index contributed by atoms with van der Waals surface area (Å²) in [6, 6.07) is 18.0. The molecule has 1 heterocycles. The fourth-order valence-electron chi connectivity index (χ4n) is 2.55. The fourth-order valence-corrected chi connectivity index (χ4v) is 3.19. The number of para-hydroxylation sites is 2. The quantitative estimate of drug-likeness (QED) is 0.536. The van der Waals surface area contributed by atoms with E-state index < -0.39 is 0 Å². The van der Waals surface area contributed by atoms with Gasteiger partial charge >= 0.3 is 0 Å². The molecule has 2 aromatic carbocycles. The Hall–Kier alpha value is -3.32. The topological polar surface area (TPSA) is 76.7 Å². The molecule has 3 rings (SSSR count). The normalized spacial score (nSPS) is 10.2. The number of amides is 2. The van der Waals surface area contributed by atoms with Crippen LogP contribution >= 0.6 is 11.3 Å². The zero-order valence-electron chi connectivity index (χ0n) is 16.0. The first-order valence-corrected chi connectivity index (χ1v) is 10.1. The van der Waals surface area contributed by atoms with Crippen molar-refractivity contribution in [2.75, 3.05) is 18.5 Å². The van der Waals surface area contributed by atoms with Gasteiger partial charge in [-0.05, 0) is 54.8 Å². The molecule has 0 radical (unpaired) electrons. The van der Waals surface area contributed by atoms with Crippen LogP contribution in [0.15, 0.2) is 66.0 Å². The van der Waals surface area contributed by atoms with E-state index in [4.69, 9.17) is 9.47 Å². The summed E-state index contributed by atoms with van der Waals surface area (Å²) in [5.74, 6) is 1.56. The van der Waals surface area contributed by atoms with Gasteiger partial charge in [0.05, 0.1) is 17.2 Å². The van der Waals surface area contributed by atoms with E-state index in [1.807, 2.05) is 54.8 Å². The second kappa shape index (κ2) is 10.3. The Morgan fingerprint density at radius 1 is 0.966 bits per heavy atom. The van der Waals surface area contributed by atoms with Crippen molar-refractivity contribution in [1.82, 2.24) is 5.32 Å². The van der Waals surface area contributed by atoms with E-state index in [1.165, 1.54) is 11.3 Å². The number of thiophene rings is 1. The molecule has 0 spiro atoms. The Labute approximate surface area is 173 Å². The SMILES string of the molecule is CCOc1ccc(Oc2ccccc2NC(=O)CCNC(=O)c2cccs2)cc1. The van der Waals surface area contributed by atoms with E-state index in [-0.39, 0.29) is 24.8 Å².